The first-order chi connectivity index (χ1) is 10.1. The number of carbonyl (C=O) groups is 1. The SMILES string of the molecule is Cc1cc(NCC(C(=O)O)C2CCOCC2)c(C#N)cn1. The number of aryl methyl sites for hydroxylation is 1. The van der Waals surface area contributed by atoms with Gasteiger partial charge in [0.1, 0.15) is 6.07 Å². The highest BCUT2D eigenvalue weighted by atomic mass is 16.5. The van der Waals surface area contributed by atoms with Gasteiger partial charge in [0, 0.05) is 31.6 Å². The minimum absolute atomic E-state index is 0.109. The Hall–Kier alpha value is -2.13. The summed E-state index contributed by atoms with van der Waals surface area (Å²) in [5.74, 6) is -1.18. The zero-order valence-electron chi connectivity index (χ0n) is 12.0. The van der Waals surface area contributed by atoms with Gasteiger partial charge in [0.05, 0.1) is 17.2 Å². The fourth-order valence-electron chi connectivity index (χ4n) is 2.59. The molecule has 1 aliphatic heterocycles. The van der Waals surface area contributed by atoms with E-state index < -0.39 is 11.9 Å². The number of aliphatic carboxylic acids is 1. The van der Waals surface area contributed by atoms with Crippen LogP contribution in [0.3, 0.4) is 0 Å². The van der Waals surface area contributed by atoms with Crippen LogP contribution < -0.4 is 5.32 Å². The van der Waals surface area contributed by atoms with Crippen molar-refractivity contribution in [2.75, 3.05) is 25.1 Å². The molecule has 2 rings (SSSR count). The van der Waals surface area contributed by atoms with Crippen LogP contribution in [0.5, 0.6) is 0 Å². The van der Waals surface area contributed by atoms with E-state index in [1.807, 2.05) is 6.92 Å². The third-order valence-electron chi connectivity index (χ3n) is 3.83. The molecule has 0 spiro atoms. The molecular weight excluding hydrogens is 270 g/mol. The van der Waals surface area contributed by atoms with Gasteiger partial charge < -0.3 is 15.2 Å². The fraction of sp³-hybridized carbons (Fsp3) is 0.533. The summed E-state index contributed by atoms with van der Waals surface area (Å²) in [4.78, 5) is 15.6. The number of aromatic nitrogens is 1. The Bertz CT molecular complexity index is 548. The van der Waals surface area contributed by atoms with E-state index in [4.69, 9.17) is 10.00 Å². The highest BCUT2D eigenvalue weighted by Crippen LogP contribution is 2.25. The number of hydrogen-bond donors (Lipinski definition) is 2. The van der Waals surface area contributed by atoms with Gasteiger partial charge in [-0.15, -0.1) is 0 Å². The van der Waals surface area contributed by atoms with Crippen molar-refractivity contribution in [1.29, 1.82) is 5.26 Å². The van der Waals surface area contributed by atoms with Crippen molar-refractivity contribution in [3.63, 3.8) is 0 Å². The Morgan fingerprint density at radius 2 is 2.33 bits per heavy atom. The zero-order chi connectivity index (χ0) is 15.2. The van der Waals surface area contributed by atoms with Crippen LogP contribution in [0.2, 0.25) is 0 Å². The normalized spacial score (nSPS) is 17.0. The molecule has 1 aromatic rings. The lowest BCUT2D eigenvalue weighted by molar-refractivity contribution is -0.144. The second-order valence-corrected chi connectivity index (χ2v) is 5.26. The minimum Gasteiger partial charge on any atom is -0.481 e. The lowest BCUT2D eigenvalue weighted by Crippen LogP contribution is -2.34. The first kappa shape index (κ1) is 15.3. The van der Waals surface area contributed by atoms with E-state index in [2.05, 4.69) is 16.4 Å². The topological polar surface area (TPSA) is 95.2 Å². The van der Waals surface area contributed by atoms with Crippen molar-refractivity contribution >= 4 is 11.7 Å². The number of nitriles is 1. The number of pyridine rings is 1. The summed E-state index contributed by atoms with van der Waals surface area (Å²) in [5.41, 5.74) is 1.86. The minimum atomic E-state index is -0.807. The monoisotopic (exact) mass is 289 g/mol. The summed E-state index contributed by atoms with van der Waals surface area (Å²) in [6.07, 6.45) is 3.03. The van der Waals surface area contributed by atoms with Gasteiger partial charge in [0.2, 0.25) is 0 Å². The Morgan fingerprint density at radius 1 is 1.62 bits per heavy atom. The van der Waals surface area contributed by atoms with Gasteiger partial charge in [0.25, 0.3) is 0 Å². The lowest BCUT2D eigenvalue weighted by atomic mass is 9.86. The second kappa shape index (κ2) is 7.04. The molecule has 21 heavy (non-hydrogen) atoms. The van der Waals surface area contributed by atoms with Crippen molar-refractivity contribution in [2.45, 2.75) is 19.8 Å². The van der Waals surface area contributed by atoms with Crippen LogP contribution in [0.1, 0.15) is 24.1 Å². The Labute approximate surface area is 123 Å². The number of hydrogen-bond acceptors (Lipinski definition) is 5. The van der Waals surface area contributed by atoms with Crippen LogP contribution in [0, 0.1) is 30.1 Å². The maximum atomic E-state index is 11.5. The van der Waals surface area contributed by atoms with Gasteiger partial charge in [-0.25, -0.2) is 0 Å². The molecule has 0 bridgehead atoms. The average Bonchev–Trinajstić information content (AvgIpc) is 2.48. The summed E-state index contributed by atoms with van der Waals surface area (Å²) in [6.45, 7) is 3.37. The summed E-state index contributed by atoms with van der Waals surface area (Å²) in [5, 5.41) is 21.6. The van der Waals surface area contributed by atoms with E-state index in [0.29, 0.717) is 31.0 Å². The number of carboxylic acids is 1. The van der Waals surface area contributed by atoms with Crippen molar-refractivity contribution in [1.82, 2.24) is 4.98 Å². The smallest absolute Gasteiger partial charge is 0.308 e. The van der Waals surface area contributed by atoms with Crippen LogP contribution in [0.25, 0.3) is 0 Å². The fourth-order valence-corrected chi connectivity index (χ4v) is 2.59. The maximum absolute atomic E-state index is 11.5. The van der Waals surface area contributed by atoms with E-state index >= 15 is 0 Å². The van der Waals surface area contributed by atoms with Crippen LogP contribution in [0.15, 0.2) is 12.3 Å². The van der Waals surface area contributed by atoms with E-state index in [1.165, 1.54) is 6.20 Å². The molecule has 2 N–H and O–H groups in total. The molecule has 0 amide bonds. The highest BCUT2D eigenvalue weighted by molar-refractivity contribution is 5.71. The molecule has 1 atom stereocenters. The molecule has 6 heteroatoms. The Balaban J connectivity index is 2.07. The van der Waals surface area contributed by atoms with Gasteiger partial charge >= 0.3 is 5.97 Å². The highest BCUT2D eigenvalue weighted by Gasteiger charge is 2.29. The molecule has 0 aliphatic carbocycles. The zero-order valence-corrected chi connectivity index (χ0v) is 12.0. The summed E-state index contributed by atoms with van der Waals surface area (Å²) >= 11 is 0. The molecule has 0 radical (unpaired) electrons. The molecule has 1 unspecified atom stereocenters. The predicted octanol–water partition coefficient (Wildman–Crippen LogP) is 1.80. The number of carboxylic acid groups (broad SMARTS) is 1. The van der Waals surface area contributed by atoms with Crippen molar-refractivity contribution in [3.8, 4) is 6.07 Å². The van der Waals surface area contributed by atoms with Crippen LogP contribution in [-0.4, -0.2) is 35.8 Å². The molecular formula is C15H19N3O3. The third kappa shape index (κ3) is 3.92. The van der Waals surface area contributed by atoms with E-state index in [-0.39, 0.29) is 5.92 Å². The maximum Gasteiger partial charge on any atom is 0.308 e. The molecule has 112 valence electrons. The molecule has 1 saturated heterocycles. The number of nitrogens with one attached hydrogen (secondary N) is 1. The molecule has 1 aliphatic rings. The summed E-state index contributed by atoms with van der Waals surface area (Å²) < 4.78 is 5.28. The predicted molar refractivity (Wildman–Crippen MR) is 76.8 cm³/mol. The first-order valence-electron chi connectivity index (χ1n) is 7.03. The van der Waals surface area contributed by atoms with Gasteiger partial charge in [-0.3, -0.25) is 9.78 Å². The van der Waals surface area contributed by atoms with Crippen LogP contribution >= 0.6 is 0 Å². The molecule has 6 nitrogen and oxygen atoms in total. The van der Waals surface area contributed by atoms with Gasteiger partial charge in [-0.05, 0) is 31.7 Å². The standard InChI is InChI=1S/C15H19N3O3/c1-10-6-14(12(7-16)8-17-10)18-9-13(15(19)20)11-2-4-21-5-3-11/h6,8,11,13H,2-5,9H2,1H3,(H,17,18)(H,19,20). The van der Waals surface area contributed by atoms with Gasteiger partial charge in [-0.2, -0.15) is 5.26 Å². The number of ether oxygens (including phenoxy) is 1. The largest absolute Gasteiger partial charge is 0.481 e. The van der Waals surface area contributed by atoms with E-state index in [1.54, 1.807) is 6.07 Å². The van der Waals surface area contributed by atoms with Gasteiger partial charge in [-0.1, -0.05) is 0 Å². The summed E-state index contributed by atoms with van der Waals surface area (Å²) in [7, 11) is 0. The average molecular weight is 289 g/mol. The Kier molecular flexibility index (Phi) is 5.12. The number of rotatable bonds is 5. The van der Waals surface area contributed by atoms with Crippen molar-refractivity contribution < 1.29 is 14.6 Å². The molecule has 2 heterocycles. The van der Waals surface area contributed by atoms with E-state index in [9.17, 15) is 9.90 Å². The summed E-state index contributed by atoms with van der Waals surface area (Å²) in [6, 6.07) is 3.83. The molecule has 0 aromatic carbocycles. The Morgan fingerprint density at radius 3 is 2.95 bits per heavy atom. The first-order valence-corrected chi connectivity index (χ1v) is 7.03. The van der Waals surface area contributed by atoms with Crippen molar-refractivity contribution in [2.24, 2.45) is 11.8 Å². The quantitative estimate of drug-likeness (QED) is 0.858. The van der Waals surface area contributed by atoms with E-state index in [0.717, 1.165) is 18.5 Å². The second-order valence-electron chi connectivity index (χ2n) is 5.26. The van der Waals surface area contributed by atoms with Gasteiger partial charge in [0.15, 0.2) is 0 Å². The van der Waals surface area contributed by atoms with Crippen molar-refractivity contribution in [3.05, 3.63) is 23.5 Å². The number of nitrogens with zero attached hydrogens (tertiary/aromatic N) is 2. The molecule has 1 aromatic heterocycles. The molecule has 0 saturated carbocycles. The number of anilines is 1. The lowest BCUT2D eigenvalue weighted by Gasteiger charge is -2.28. The van der Waals surface area contributed by atoms with Crippen LogP contribution in [0.4, 0.5) is 5.69 Å². The van der Waals surface area contributed by atoms with Crippen LogP contribution in [-0.2, 0) is 9.53 Å². The third-order valence-corrected chi connectivity index (χ3v) is 3.83. The molecule has 1 fully saturated rings.